The molecular weight excluding hydrogens is 482 g/mol. The molecule has 2 amide bonds. The Hall–Kier alpha value is -4.84. The summed E-state index contributed by atoms with van der Waals surface area (Å²) >= 11 is 5.99. The standard InChI is InChI=1S/C22H16ClN5O7/c1-13-17(23)6-3-7-18(13)25-21(29)22(30)26-24-12-14-4-2-5-16(10-14)35-20-9-8-15(27(31)32)11-19(20)28(33)34/h2-12H,1H3,(H,25,29)(H,26,30). The molecule has 0 fully saturated rings. The number of nitro groups is 2. The molecule has 0 heterocycles. The number of nitrogens with zero attached hydrogens (tertiary/aromatic N) is 3. The second-order valence-corrected chi connectivity index (χ2v) is 7.31. The number of nitro benzene ring substituents is 2. The van der Waals surface area contributed by atoms with Gasteiger partial charge in [-0.25, -0.2) is 5.43 Å². The molecule has 13 heteroatoms. The lowest BCUT2D eigenvalue weighted by Crippen LogP contribution is -2.32. The van der Waals surface area contributed by atoms with Gasteiger partial charge in [0, 0.05) is 16.8 Å². The summed E-state index contributed by atoms with van der Waals surface area (Å²) in [6, 6.07) is 14.0. The van der Waals surface area contributed by atoms with E-state index in [0.29, 0.717) is 21.8 Å². The molecule has 0 saturated heterocycles. The van der Waals surface area contributed by atoms with Crippen LogP contribution in [-0.2, 0) is 9.59 Å². The van der Waals surface area contributed by atoms with Crippen LogP contribution < -0.4 is 15.5 Å². The highest BCUT2D eigenvalue weighted by Crippen LogP contribution is 2.34. The summed E-state index contributed by atoms with van der Waals surface area (Å²) in [7, 11) is 0. The summed E-state index contributed by atoms with van der Waals surface area (Å²) in [5, 5.41) is 28.7. The number of hydrogen-bond donors (Lipinski definition) is 2. The number of halogens is 1. The average Bonchev–Trinajstić information content (AvgIpc) is 2.82. The van der Waals surface area contributed by atoms with Crippen LogP contribution in [-0.4, -0.2) is 27.9 Å². The molecule has 0 saturated carbocycles. The molecule has 2 N–H and O–H groups in total. The summed E-state index contributed by atoms with van der Waals surface area (Å²) in [4.78, 5) is 44.7. The predicted octanol–water partition coefficient (Wildman–Crippen LogP) is 4.35. The summed E-state index contributed by atoms with van der Waals surface area (Å²) < 4.78 is 5.51. The molecule has 3 aromatic rings. The van der Waals surface area contributed by atoms with Crippen molar-refractivity contribution < 1.29 is 24.2 Å². The maximum absolute atomic E-state index is 12.1. The number of benzene rings is 3. The number of hydrazone groups is 1. The van der Waals surface area contributed by atoms with E-state index >= 15 is 0 Å². The molecule has 0 radical (unpaired) electrons. The summed E-state index contributed by atoms with van der Waals surface area (Å²) in [5.41, 5.74) is 2.47. The van der Waals surface area contributed by atoms with Gasteiger partial charge in [0.2, 0.25) is 5.75 Å². The second kappa shape index (κ2) is 10.9. The van der Waals surface area contributed by atoms with Gasteiger partial charge in [-0.15, -0.1) is 0 Å². The van der Waals surface area contributed by atoms with Crippen molar-refractivity contribution in [1.82, 2.24) is 5.43 Å². The number of amides is 2. The predicted molar refractivity (Wildman–Crippen MR) is 127 cm³/mol. The van der Waals surface area contributed by atoms with E-state index in [1.54, 1.807) is 37.3 Å². The maximum Gasteiger partial charge on any atom is 0.329 e. The van der Waals surface area contributed by atoms with Crippen LogP contribution in [0.5, 0.6) is 11.5 Å². The first kappa shape index (κ1) is 24.8. The van der Waals surface area contributed by atoms with Crippen molar-refractivity contribution in [2.75, 3.05) is 5.32 Å². The normalized spacial score (nSPS) is 10.6. The minimum absolute atomic E-state index is 0.173. The monoisotopic (exact) mass is 497 g/mol. The highest BCUT2D eigenvalue weighted by atomic mass is 35.5. The van der Waals surface area contributed by atoms with Crippen molar-refractivity contribution in [2.45, 2.75) is 6.92 Å². The van der Waals surface area contributed by atoms with Gasteiger partial charge in [0.25, 0.3) is 5.69 Å². The van der Waals surface area contributed by atoms with Crippen LogP contribution in [0, 0.1) is 27.2 Å². The van der Waals surface area contributed by atoms with Crippen LogP contribution in [0.25, 0.3) is 0 Å². The van der Waals surface area contributed by atoms with Gasteiger partial charge in [0.15, 0.2) is 0 Å². The van der Waals surface area contributed by atoms with Crippen LogP contribution in [0.1, 0.15) is 11.1 Å². The molecule has 178 valence electrons. The number of carbonyl (C=O) groups is 2. The third kappa shape index (κ3) is 6.36. The molecule has 0 atom stereocenters. The quantitative estimate of drug-likeness (QED) is 0.212. The molecule has 0 aliphatic heterocycles. The fourth-order valence-corrected chi connectivity index (χ4v) is 2.95. The SMILES string of the molecule is Cc1c(Cl)cccc1NC(=O)C(=O)NN=Cc1cccc(Oc2ccc([N+](=O)[O-])cc2[N+](=O)[O-])c1. The Bertz CT molecular complexity index is 1360. The number of carbonyl (C=O) groups excluding carboxylic acids is 2. The van der Waals surface area contributed by atoms with Gasteiger partial charge in [-0.05, 0) is 48.4 Å². The number of ether oxygens (including phenoxy) is 1. The molecule has 0 aliphatic rings. The van der Waals surface area contributed by atoms with Crippen molar-refractivity contribution in [2.24, 2.45) is 5.10 Å². The van der Waals surface area contributed by atoms with Gasteiger partial charge in [-0.3, -0.25) is 29.8 Å². The number of anilines is 1. The molecular formula is C22H16ClN5O7. The van der Waals surface area contributed by atoms with Crippen LogP contribution in [0.4, 0.5) is 17.1 Å². The number of nitrogens with one attached hydrogen (secondary N) is 2. The first-order chi connectivity index (χ1) is 16.7. The fraction of sp³-hybridized carbons (Fsp3) is 0.0455. The maximum atomic E-state index is 12.1. The van der Waals surface area contributed by atoms with E-state index in [2.05, 4.69) is 15.8 Å². The van der Waals surface area contributed by atoms with Crippen molar-refractivity contribution in [3.05, 3.63) is 97.0 Å². The largest absolute Gasteiger partial charge is 0.450 e. The average molecular weight is 498 g/mol. The van der Waals surface area contributed by atoms with E-state index in [4.69, 9.17) is 16.3 Å². The van der Waals surface area contributed by atoms with Crippen LogP contribution in [0.3, 0.4) is 0 Å². The van der Waals surface area contributed by atoms with Gasteiger partial charge in [0.1, 0.15) is 5.75 Å². The third-order valence-corrected chi connectivity index (χ3v) is 4.95. The van der Waals surface area contributed by atoms with E-state index in [9.17, 15) is 29.8 Å². The molecule has 0 aliphatic carbocycles. The fourth-order valence-electron chi connectivity index (χ4n) is 2.77. The van der Waals surface area contributed by atoms with Gasteiger partial charge >= 0.3 is 17.5 Å². The molecule has 12 nitrogen and oxygen atoms in total. The molecule has 35 heavy (non-hydrogen) atoms. The Balaban J connectivity index is 1.66. The smallest absolute Gasteiger partial charge is 0.329 e. The zero-order chi connectivity index (χ0) is 25.5. The topological polar surface area (TPSA) is 166 Å². The van der Waals surface area contributed by atoms with Crippen LogP contribution in [0.2, 0.25) is 5.02 Å². The Morgan fingerprint density at radius 3 is 2.46 bits per heavy atom. The minimum atomic E-state index is -1.02. The van der Waals surface area contributed by atoms with E-state index in [1.165, 1.54) is 18.3 Å². The number of non-ortho nitro benzene ring substituents is 1. The highest BCUT2D eigenvalue weighted by molar-refractivity contribution is 6.40. The van der Waals surface area contributed by atoms with E-state index < -0.39 is 33.0 Å². The lowest BCUT2D eigenvalue weighted by molar-refractivity contribution is -0.394. The zero-order valence-corrected chi connectivity index (χ0v) is 18.7. The summed E-state index contributed by atoms with van der Waals surface area (Å²) in [6.07, 6.45) is 1.23. The van der Waals surface area contributed by atoms with E-state index in [0.717, 1.165) is 18.2 Å². The Labute approximate surface area is 202 Å². The number of hydrogen-bond acceptors (Lipinski definition) is 8. The van der Waals surface area contributed by atoms with E-state index in [1.807, 2.05) is 0 Å². The lowest BCUT2D eigenvalue weighted by atomic mass is 10.2. The zero-order valence-electron chi connectivity index (χ0n) is 17.9. The summed E-state index contributed by atoms with van der Waals surface area (Å²) in [5.74, 6) is -1.99. The number of rotatable bonds is 7. The third-order valence-electron chi connectivity index (χ3n) is 4.54. The van der Waals surface area contributed by atoms with Gasteiger partial charge in [0.05, 0.1) is 22.1 Å². The first-order valence-electron chi connectivity index (χ1n) is 9.76. The van der Waals surface area contributed by atoms with Crippen molar-refractivity contribution in [3.63, 3.8) is 0 Å². The van der Waals surface area contributed by atoms with Gasteiger partial charge in [-0.2, -0.15) is 5.10 Å². The Kier molecular flexibility index (Phi) is 7.69. The molecule has 0 unspecified atom stereocenters. The van der Waals surface area contributed by atoms with Crippen LogP contribution in [0.15, 0.2) is 65.8 Å². The van der Waals surface area contributed by atoms with Crippen molar-refractivity contribution >= 4 is 46.7 Å². The van der Waals surface area contributed by atoms with E-state index in [-0.39, 0.29) is 11.5 Å². The summed E-state index contributed by atoms with van der Waals surface area (Å²) in [6.45, 7) is 1.69. The van der Waals surface area contributed by atoms with Crippen molar-refractivity contribution in [3.8, 4) is 11.5 Å². The molecule has 0 bridgehead atoms. The molecule has 0 spiro atoms. The minimum Gasteiger partial charge on any atom is -0.450 e. The Morgan fingerprint density at radius 1 is 1.00 bits per heavy atom. The van der Waals surface area contributed by atoms with Crippen LogP contribution >= 0.6 is 11.6 Å². The van der Waals surface area contributed by atoms with Crippen molar-refractivity contribution in [1.29, 1.82) is 0 Å². The molecule has 3 aromatic carbocycles. The lowest BCUT2D eigenvalue weighted by Gasteiger charge is -2.08. The van der Waals surface area contributed by atoms with Gasteiger partial charge in [-0.1, -0.05) is 29.8 Å². The second-order valence-electron chi connectivity index (χ2n) is 6.91. The first-order valence-corrected chi connectivity index (χ1v) is 10.1. The Morgan fingerprint density at radius 2 is 1.74 bits per heavy atom. The van der Waals surface area contributed by atoms with Gasteiger partial charge < -0.3 is 10.1 Å². The molecule has 3 rings (SSSR count). The molecule has 0 aromatic heterocycles. The highest BCUT2D eigenvalue weighted by Gasteiger charge is 2.21.